The number of esters is 1. The Balaban J connectivity index is 2.06. The highest BCUT2D eigenvalue weighted by atomic mass is 32.2. The minimum absolute atomic E-state index is 0.229. The third-order valence-electron chi connectivity index (χ3n) is 4.22. The van der Waals surface area contributed by atoms with E-state index in [1.54, 1.807) is 50.2 Å². The highest BCUT2D eigenvalue weighted by Gasteiger charge is 2.23. The maximum atomic E-state index is 12.4. The van der Waals surface area contributed by atoms with Gasteiger partial charge in [-0.05, 0) is 42.7 Å². The Hall–Kier alpha value is -3.40. The van der Waals surface area contributed by atoms with Crippen molar-refractivity contribution in [1.29, 1.82) is 0 Å². The summed E-state index contributed by atoms with van der Waals surface area (Å²) in [7, 11) is -2.42. The van der Waals surface area contributed by atoms with Crippen LogP contribution in [0.2, 0.25) is 0 Å². The second kappa shape index (κ2) is 10.6. The number of sulfonamides is 1. The van der Waals surface area contributed by atoms with Crippen LogP contribution in [0.4, 0.5) is 5.69 Å². The summed E-state index contributed by atoms with van der Waals surface area (Å²) in [6.07, 6.45) is 2.43. The molecule has 0 saturated carbocycles. The van der Waals surface area contributed by atoms with Gasteiger partial charge in [-0.3, -0.25) is 9.10 Å². The average Bonchev–Trinajstić information content (AvgIpc) is 2.70. The molecule has 2 rings (SSSR count). The van der Waals surface area contributed by atoms with Crippen LogP contribution in [0, 0.1) is 13.8 Å². The lowest BCUT2D eigenvalue weighted by Crippen LogP contribution is -2.39. The number of para-hydroxylation sites is 1. The van der Waals surface area contributed by atoms with Gasteiger partial charge < -0.3 is 9.47 Å². The Kier molecular flexibility index (Phi) is 8.14. The molecule has 0 aliphatic carbocycles. The minimum Gasteiger partial charge on any atom is -0.482 e. The molecule has 0 spiro atoms. The number of methoxy groups -OCH3 is 1. The van der Waals surface area contributed by atoms with Crippen molar-refractivity contribution in [3.63, 3.8) is 0 Å². The molecule has 0 aliphatic heterocycles. The first-order valence-electron chi connectivity index (χ1n) is 9.27. The van der Waals surface area contributed by atoms with Crippen LogP contribution in [0.5, 0.6) is 5.75 Å². The molecule has 0 unspecified atom stereocenters. The second-order valence-electron chi connectivity index (χ2n) is 6.74. The molecule has 0 bridgehead atoms. The Labute approximate surface area is 181 Å². The van der Waals surface area contributed by atoms with E-state index in [0.29, 0.717) is 17.0 Å². The van der Waals surface area contributed by atoms with Crippen molar-refractivity contribution in [3.05, 3.63) is 59.2 Å². The standard InChI is InChI=1S/C21H25N3O6S/c1-15-7-5-8-16(2)21(15)24(31(4,27)28)13-19(25)23-22-12-17-9-6-10-18(11-17)30-14-20(26)29-3/h5-12H,13-14H2,1-4H3,(H,23,25)/b22-12-. The van der Waals surface area contributed by atoms with E-state index in [4.69, 9.17) is 4.74 Å². The molecule has 0 aromatic heterocycles. The van der Waals surface area contributed by atoms with E-state index in [2.05, 4.69) is 15.3 Å². The van der Waals surface area contributed by atoms with Crippen LogP contribution in [0.25, 0.3) is 0 Å². The molecule has 10 heteroatoms. The van der Waals surface area contributed by atoms with Gasteiger partial charge in [0.2, 0.25) is 10.0 Å². The van der Waals surface area contributed by atoms with Crippen LogP contribution in [0.1, 0.15) is 16.7 Å². The number of anilines is 1. The highest BCUT2D eigenvalue weighted by molar-refractivity contribution is 7.92. The van der Waals surface area contributed by atoms with E-state index in [-0.39, 0.29) is 6.61 Å². The fraction of sp³-hybridized carbons (Fsp3) is 0.286. The fourth-order valence-electron chi connectivity index (χ4n) is 2.79. The molecule has 31 heavy (non-hydrogen) atoms. The van der Waals surface area contributed by atoms with E-state index in [1.807, 2.05) is 6.07 Å². The molecule has 166 valence electrons. The Morgan fingerprint density at radius 3 is 2.39 bits per heavy atom. The highest BCUT2D eigenvalue weighted by Crippen LogP contribution is 2.26. The van der Waals surface area contributed by atoms with Crippen molar-refractivity contribution < 1.29 is 27.5 Å². The van der Waals surface area contributed by atoms with E-state index < -0.39 is 28.4 Å². The summed E-state index contributed by atoms with van der Waals surface area (Å²) in [4.78, 5) is 23.5. The minimum atomic E-state index is -3.69. The van der Waals surface area contributed by atoms with Crippen molar-refractivity contribution in [2.75, 3.05) is 30.8 Å². The average molecular weight is 448 g/mol. The number of hydrazone groups is 1. The van der Waals surface area contributed by atoms with Gasteiger partial charge in [0.1, 0.15) is 12.3 Å². The zero-order valence-electron chi connectivity index (χ0n) is 17.8. The lowest BCUT2D eigenvalue weighted by Gasteiger charge is -2.25. The molecule has 0 aliphatic rings. The maximum absolute atomic E-state index is 12.4. The second-order valence-corrected chi connectivity index (χ2v) is 8.65. The van der Waals surface area contributed by atoms with Gasteiger partial charge >= 0.3 is 5.97 Å². The van der Waals surface area contributed by atoms with Crippen LogP contribution in [-0.2, 0) is 24.3 Å². The molecule has 1 amide bonds. The normalized spacial score (nSPS) is 11.2. The fourth-order valence-corrected chi connectivity index (χ4v) is 3.76. The summed E-state index contributed by atoms with van der Waals surface area (Å²) in [6, 6.07) is 12.1. The van der Waals surface area contributed by atoms with Crippen LogP contribution < -0.4 is 14.5 Å². The molecule has 0 saturated heterocycles. The molecule has 0 fully saturated rings. The molecular formula is C21H25N3O6S. The molecule has 2 aromatic carbocycles. The van der Waals surface area contributed by atoms with E-state index >= 15 is 0 Å². The number of carbonyl (C=O) groups excluding carboxylic acids is 2. The van der Waals surface area contributed by atoms with Crippen molar-refractivity contribution in [2.45, 2.75) is 13.8 Å². The van der Waals surface area contributed by atoms with E-state index in [9.17, 15) is 18.0 Å². The van der Waals surface area contributed by atoms with Gasteiger partial charge in [-0.25, -0.2) is 18.6 Å². The smallest absolute Gasteiger partial charge is 0.343 e. The first-order valence-corrected chi connectivity index (χ1v) is 11.1. The Morgan fingerprint density at radius 1 is 1.13 bits per heavy atom. The van der Waals surface area contributed by atoms with Crippen molar-refractivity contribution in [3.8, 4) is 5.75 Å². The summed E-state index contributed by atoms with van der Waals surface area (Å²) in [5.41, 5.74) is 4.89. The summed E-state index contributed by atoms with van der Waals surface area (Å²) in [5.74, 6) is -0.674. The zero-order valence-corrected chi connectivity index (χ0v) is 18.6. The van der Waals surface area contributed by atoms with Crippen LogP contribution in [0.3, 0.4) is 0 Å². The van der Waals surface area contributed by atoms with Gasteiger partial charge in [-0.15, -0.1) is 0 Å². The molecule has 2 aromatic rings. The van der Waals surface area contributed by atoms with E-state index in [0.717, 1.165) is 21.7 Å². The first-order chi connectivity index (χ1) is 14.6. The Morgan fingerprint density at radius 2 is 1.77 bits per heavy atom. The lowest BCUT2D eigenvalue weighted by atomic mass is 10.1. The van der Waals surface area contributed by atoms with Crippen molar-refractivity contribution in [2.24, 2.45) is 5.10 Å². The van der Waals surface area contributed by atoms with Gasteiger partial charge in [-0.2, -0.15) is 5.10 Å². The zero-order chi connectivity index (χ0) is 23.0. The van der Waals surface area contributed by atoms with Crippen LogP contribution >= 0.6 is 0 Å². The maximum Gasteiger partial charge on any atom is 0.343 e. The summed E-state index contributed by atoms with van der Waals surface area (Å²) >= 11 is 0. The predicted octanol–water partition coefficient (Wildman–Crippen LogP) is 1.77. The molecule has 0 heterocycles. The van der Waals surface area contributed by atoms with E-state index in [1.165, 1.54) is 13.3 Å². The number of rotatable bonds is 9. The molecule has 9 nitrogen and oxygen atoms in total. The number of nitrogens with one attached hydrogen (secondary N) is 1. The summed E-state index contributed by atoms with van der Waals surface area (Å²) < 4.78 is 35.5. The van der Waals surface area contributed by atoms with Gasteiger partial charge in [0.05, 0.1) is 25.3 Å². The first kappa shape index (κ1) is 23.9. The van der Waals surface area contributed by atoms with Crippen LogP contribution in [0.15, 0.2) is 47.6 Å². The van der Waals surface area contributed by atoms with Gasteiger partial charge in [0.15, 0.2) is 6.61 Å². The Bertz CT molecular complexity index is 1060. The third-order valence-corrected chi connectivity index (χ3v) is 5.33. The summed E-state index contributed by atoms with van der Waals surface area (Å²) in [6.45, 7) is 2.93. The largest absolute Gasteiger partial charge is 0.482 e. The van der Waals surface area contributed by atoms with Gasteiger partial charge in [-0.1, -0.05) is 30.3 Å². The quantitative estimate of drug-likeness (QED) is 0.356. The molecule has 1 N–H and O–H groups in total. The predicted molar refractivity (Wildman–Crippen MR) is 118 cm³/mol. The van der Waals surface area contributed by atoms with Crippen molar-refractivity contribution >= 4 is 33.8 Å². The van der Waals surface area contributed by atoms with Gasteiger partial charge in [0.25, 0.3) is 5.91 Å². The monoisotopic (exact) mass is 447 g/mol. The number of aryl methyl sites for hydroxylation is 2. The number of ether oxygens (including phenoxy) is 2. The van der Waals surface area contributed by atoms with Crippen LogP contribution in [-0.4, -0.2) is 53.0 Å². The lowest BCUT2D eigenvalue weighted by molar-refractivity contribution is -0.142. The van der Waals surface area contributed by atoms with Crippen molar-refractivity contribution in [1.82, 2.24) is 5.43 Å². The topological polar surface area (TPSA) is 114 Å². The number of nitrogens with zero attached hydrogens (tertiary/aromatic N) is 2. The third kappa shape index (κ3) is 7.10. The van der Waals surface area contributed by atoms with Gasteiger partial charge in [0, 0.05) is 0 Å². The molecule has 0 atom stereocenters. The number of hydrogen-bond donors (Lipinski definition) is 1. The molecule has 0 radical (unpaired) electrons. The number of benzene rings is 2. The summed E-state index contributed by atoms with van der Waals surface area (Å²) in [5, 5.41) is 3.87. The SMILES string of the molecule is COC(=O)COc1cccc(/C=N\NC(=O)CN(c2c(C)cccc2C)S(C)(=O)=O)c1. The number of amides is 1. The number of hydrogen-bond acceptors (Lipinski definition) is 7. The molecular weight excluding hydrogens is 422 g/mol. The number of carbonyl (C=O) groups is 2.